The highest BCUT2D eigenvalue weighted by molar-refractivity contribution is 6.08. The fraction of sp³-hybridized carbons (Fsp3) is 0.300. The molecule has 5 heteroatoms. The smallest absolute Gasteiger partial charge is 0.273 e. The van der Waals surface area contributed by atoms with E-state index in [1.807, 2.05) is 30.3 Å². The van der Waals surface area contributed by atoms with Crippen molar-refractivity contribution in [1.82, 2.24) is 4.90 Å². The van der Waals surface area contributed by atoms with Crippen LogP contribution in [0.25, 0.3) is 0 Å². The Hall–Kier alpha value is -2.66. The minimum Gasteiger partial charge on any atom is -0.273 e. The average molecular weight is 334 g/mol. The zero-order valence-electron chi connectivity index (χ0n) is 14.6. The van der Waals surface area contributed by atoms with Crippen LogP contribution in [0.15, 0.2) is 81.6 Å². The molecule has 0 aliphatic carbocycles. The van der Waals surface area contributed by atoms with E-state index in [9.17, 15) is 4.79 Å². The van der Waals surface area contributed by atoms with Crippen molar-refractivity contribution in [3.63, 3.8) is 0 Å². The summed E-state index contributed by atoms with van der Waals surface area (Å²) in [5, 5.41) is 7.16. The first-order valence-corrected chi connectivity index (χ1v) is 8.59. The molecule has 0 fully saturated rings. The van der Waals surface area contributed by atoms with Crippen molar-refractivity contribution in [1.29, 1.82) is 0 Å². The summed E-state index contributed by atoms with van der Waals surface area (Å²) in [7, 11) is 0. The summed E-state index contributed by atoms with van der Waals surface area (Å²) in [5.41, 5.74) is 2.87. The number of likely N-dealkylation sites (N-methyl/N-ethyl adjacent to an activating group) is 1. The van der Waals surface area contributed by atoms with E-state index in [-0.39, 0.29) is 11.6 Å². The van der Waals surface area contributed by atoms with E-state index in [1.165, 1.54) is 6.08 Å². The molecular formula is C20H22N4O. The van der Waals surface area contributed by atoms with E-state index < -0.39 is 0 Å². The summed E-state index contributed by atoms with van der Waals surface area (Å²) in [6, 6.07) is 9.88. The second-order valence-electron chi connectivity index (χ2n) is 5.99. The molecule has 3 heterocycles. The molecule has 0 saturated carbocycles. The predicted molar refractivity (Wildman–Crippen MR) is 99.5 cm³/mol. The number of nitrogens with zero attached hydrogens (tertiary/aromatic N) is 4. The van der Waals surface area contributed by atoms with Crippen LogP contribution in [0, 0.1) is 0 Å². The van der Waals surface area contributed by atoms with E-state index in [4.69, 9.17) is 0 Å². The maximum Gasteiger partial charge on any atom is 0.290 e. The third-order valence-corrected chi connectivity index (χ3v) is 4.37. The summed E-state index contributed by atoms with van der Waals surface area (Å²) in [6.07, 6.45) is 10.7. The minimum absolute atomic E-state index is 0.112. The van der Waals surface area contributed by atoms with Gasteiger partial charge in [-0.05, 0) is 43.0 Å². The Bertz CT molecular complexity index is 767. The molecule has 0 radical (unpaired) electrons. The van der Waals surface area contributed by atoms with Gasteiger partial charge in [0.1, 0.15) is 0 Å². The Labute approximate surface area is 148 Å². The molecule has 128 valence electrons. The molecule has 25 heavy (non-hydrogen) atoms. The maximum absolute atomic E-state index is 10.7. The first-order valence-electron chi connectivity index (χ1n) is 8.59. The predicted octanol–water partition coefficient (Wildman–Crippen LogP) is 3.71. The lowest BCUT2D eigenvalue weighted by Crippen LogP contribution is -2.42. The molecule has 1 aromatic carbocycles. The van der Waals surface area contributed by atoms with E-state index in [2.05, 4.69) is 58.3 Å². The molecule has 0 aromatic heterocycles. The Balaban J connectivity index is 0.000000146. The van der Waals surface area contributed by atoms with Crippen molar-refractivity contribution in [2.75, 3.05) is 13.1 Å². The van der Waals surface area contributed by atoms with Crippen LogP contribution in [0.1, 0.15) is 19.4 Å². The average Bonchev–Trinajstić information content (AvgIpc) is 3.34. The largest absolute Gasteiger partial charge is 0.290 e. The Kier molecular flexibility index (Phi) is 5.14. The van der Waals surface area contributed by atoms with E-state index in [0.29, 0.717) is 6.42 Å². The first-order chi connectivity index (χ1) is 12.1. The number of hydrogen-bond donors (Lipinski definition) is 0. The fourth-order valence-corrected chi connectivity index (χ4v) is 3.10. The highest BCUT2D eigenvalue weighted by Gasteiger charge is 2.35. The van der Waals surface area contributed by atoms with Crippen LogP contribution in [-0.4, -0.2) is 35.3 Å². The molecule has 0 saturated heterocycles. The van der Waals surface area contributed by atoms with Gasteiger partial charge in [-0.25, -0.2) is 0 Å². The molecule has 1 aromatic rings. The van der Waals surface area contributed by atoms with Crippen molar-refractivity contribution in [3.05, 3.63) is 72.0 Å². The molecule has 0 spiro atoms. The Morgan fingerprint density at radius 1 is 1.00 bits per heavy atom. The number of aliphatic imine (C=N–C) groups is 1. The standard InChI is InChI=1S/C10H8N2O.C10H14N2/c13-10-7-9(11-12-10)6-8-4-2-1-3-5-8;1-3-12(4-2)10-7-5-9(11-10)6-8-10/h1-5,7H,6H2;5-8H,3-4H2,1-2H3. The third-order valence-electron chi connectivity index (χ3n) is 4.37. The van der Waals surface area contributed by atoms with Crippen LogP contribution in [0.5, 0.6) is 0 Å². The van der Waals surface area contributed by atoms with Crippen LogP contribution in [-0.2, 0) is 11.2 Å². The lowest BCUT2D eigenvalue weighted by Gasteiger charge is -2.32. The molecule has 3 aliphatic rings. The van der Waals surface area contributed by atoms with Crippen molar-refractivity contribution in [2.45, 2.75) is 25.9 Å². The normalized spacial score (nSPS) is 18.4. The van der Waals surface area contributed by atoms with Crippen molar-refractivity contribution >= 4 is 11.6 Å². The second kappa shape index (κ2) is 7.49. The number of benzene rings is 1. The first kappa shape index (κ1) is 17.2. The van der Waals surface area contributed by atoms with Gasteiger partial charge in [-0.1, -0.05) is 44.2 Å². The summed E-state index contributed by atoms with van der Waals surface area (Å²) < 4.78 is 0. The number of rotatable bonds is 5. The highest BCUT2D eigenvalue weighted by atomic mass is 16.1. The summed E-state index contributed by atoms with van der Waals surface area (Å²) in [5.74, 6) is -0.258. The van der Waals surface area contributed by atoms with Gasteiger partial charge in [0.05, 0.1) is 11.4 Å². The van der Waals surface area contributed by atoms with Crippen LogP contribution < -0.4 is 0 Å². The number of carbonyl (C=O) groups is 1. The number of allylic oxidation sites excluding steroid dienone is 3. The maximum atomic E-state index is 10.7. The number of amides is 1. The van der Waals surface area contributed by atoms with Gasteiger partial charge in [0.2, 0.25) is 0 Å². The third kappa shape index (κ3) is 3.88. The lowest BCUT2D eigenvalue weighted by atomic mass is 10.1. The summed E-state index contributed by atoms with van der Waals surface area (Å²) >= 11 is 0. The highest BCUT2D eigenvalue weighted by Crippen LogP contribution is 2.30. The van der Waals surface area contributed by atoms with Gasteiger partial charge >= 0.3 is 0 Å². The van der Waals surface area contributed by atoms with Gasteiger partial charge in [-0.2, -0.15) is 5.11 Å². The zero-order valence-corrected chi connectivity index (χ0v) is 14.6. The van der Waals surface area contributed by atoms with Crippen LogP contribution in [0.3, 0.4) is 0 Å². The number of fused-ring (bicyclic) bond motifs is 1. The molecule has 1 amide bonds. The summed E-state index contributed by atoms with van der Waals surface area (Å²) in [6.45, 7) is 6.43. The number of azo groups is 1. The number of hydrogen-bond acceptors (Lipinski definition) is 4. The van der Waals surface area contributed by atoms with E-state index in [1.54, 1.807) is 0 Å². The summed E-state index contributed by atoms with van der Waals surface area (Å²) in [4.78, 5) is 17.6. The molecule has 0 unspecified atom stereocenters. The van der Waals surface area contributed by atoms with Crippen molar-refractivity contribution < 1.29 is 4.79 Å². The number of carbonyl (C=O) groups excluding carboxylic acids is 1. The van der Waals surface area contributed by atoms with Gasteiger partial charge in [0, 0.05) is 12.5 Å². The van der Waals surface area contributed by atoms with Crippen LogP contribution in [0.2, 0.25) is 0 Å². The topological polar surface area (TPSA) is 57.4 Å². The van der Waals surface area contributed by atoms with Gasteiger partial charge in [-0.3, -0.25) is 14.7 Å². The van der Waals surface area contributed by atoms with Gasteiger partial charge in [0.25, 0.3) is 5.91 Å². The van der Waals surface area contributed by atoms with E-state index >= 15 is 0 Å². The van der Waals surface area contributed by atoms with Crippen molar-refractivity contribution in [2.24, 2.45) is 15.2 Å². The molecule has 3 aliphatic heterocycles. The Morgan fingerprint density at radius 3 is 2.16 bits per heavy atom. The van der Waals surface area contributed by atoms with E-state index in [0.717, 1.165) is 30.1 Å². The monoisotopic (exact) mass is 334 g/mol. The molecular weight excluding hydrogens is 312 g/mol. The second-order valence-corrected chi connectivity index (χ2v) is 5.99. The zero-order chi connectivity index (χ0) is 17.7. The molecule has 4 rings (SSSR count). The molecule has 0 atom stereocenters. The minimum atomic E-state index is -0.258. The van der Waals surface area contributed by atoms with Crippen LogP contribution >= 0.6 is 0 Å². The quantitative estimate of drug-likeness (QED) is 0.824. The SMILES string of the molecule is CCN(CC)C12C=CC(=N1)C=C2.O=C1C=C(Cc2ccccc2)N=N1. The molecule has 0 N–H and O–H groups in total. The Morgan fingerprint density at radius 2 is 1.68 bits per heavy atom. The molecule has 2 bridgehead atoms. The van der Waals surface area contributed by atoms with Crippen LogP contribution in [0.4, 0.5) is 0 Å². The van der Waals surface area contributed by atoms with Gasteiger partial charge in [-0.15, -0.1) is 5.11 Å². The van der Waals surface area contributed by atoms with Crippen molar-refractivity contribution in [3.8, 4) is 0 Å². The van der Waals surface area contributed by atoms with Gasteiger partial charge in [0.15, 0.2) is 5.66 Å². The molecule has 5 nitrogen and oxygen atoms in total. The van der Waals surface area contributed by atoms with Gasteiger partial charge < -0.3 is 0 Å². The lowest BCUT2D eigenvalue weighted by molar-refractivity contribution is -0.113. The fourth-order valence-electron chi connectivity index (χ4n) is 3.10.